The van der Waals surface area contributed by atoms with Gasteiger partial charge in [0.25, 0.3) is 5.91 Å². The zero-order chi connectivity index (χ0) is 19.2. The maximum atomic E-state index is 12.3. The van der Waals surface area contributed by atoms with Gasteiger partial charge in [0, 0.05) is 17.7 Å². The van der Waals surface area contributed by atoms with Gasteiger partial charge < -0.3 is 15.4 Å². The first-order valence-corrected chi connectivity index (χ1v) is 8.65. The average molecular weight is 362 g/mol. The second-order valence-corrected chi connectivity index (χ2v) is 6.22. The summed E-state index contributed by atoms with van der Waals surface area (Å²) in [4.78, 5) is 12.3. The number of para-hydroxylation sites is 1. The highest BCUT2D eigenvalue weighted by atomic mass is 16.5. The summed E-state index contributed by atoms with van der Waals surface area (Å²) >= 11 is 0. The zero-order valence-corrected chi connectivity index (χ0v) is 15.6. The Labute approximate surface area is 158 Å². The van der Waals surface area contributed by atoms with E-state index in [1.807, 2.05) is 50.2 Å². The Balaban J connectivity index is 1.61. The Morgan fingerprint density at radius 3 is 2.41 bits per heavy atom. The molecule has 0 saturated carbocycles. The summed E-state index contributed by atoms with van der Waals surface area (Å²) in [7, 11) is 1.64. The summed E-state index contributed by atoms with van der Waals surface area (Å²) in [6.45, 7) is 4.56. The molecule has 0 saturated heterocycles. The second-order valence-electron chi connectivity index (χ2n) is 6.22. The van der Waals surface area contributed by atoms with Gasteiger partial charge in [-0.25, -0.2) is 0 Å². The van der Waals surface area contributed by atoms with Gasteiger partial charge in [-0.05, 0) is 55.3 Å². The molecule has 1 amide bonds. The molecule has 0 fully saturated rings. The third kappa shape index (κ3) is 4.61. The van der Waals surface area contributed by atoms with Crippen molar-refractivity contribution >= 4 is 17.5 Å². The summed E-state index contributed by atoms with van der Waals surface area (Å²) in [5.74, 6) is 1.63. The quantitative estimate of drug-likeness (QED) is 0.694. The van der Waals surface area contributed by atoms with E-state index in [4.69, 9.17) is 4.74 Å². The molecule has 0 aliphatic carbocycles. The maximum Gasteiger partial charge on any atom is 0.256 e. The first kappa shape index (κ1) is 18.4. The minimum atomic E-state index is -0.206. The average Bonchev–Trinajstić information content (AvgIpc) is 2.69. The molecule has 6 nitrogen and oxygen atoms in total. The normalized spacial score (nSPS) is 10.3. The minimum Gasteiger partial charge on any atom is -0.496 e. The second kappa shape index (κ2) is 8.31. The first-order valence-electron chi connectivity index (χ1n) is 8.65. The molecule has 0 aliphatic rings. The van der Waals surface area contributed by atoms with Crippen LogP contribution in [-0.2, 0) is 6.54 Å². The number of nitrogens with one attached hydrogen (secondary N) is 2. The molecule has 0 aliphatic heterocycles. The van der Waals surface area contributed by atoms with Crippen LogP contribution in [0.5, 0.6) is 5.75 Å². The van der Waals surface area contributed by atoms with Crippen LogP contribution in [0.1, 0.15) is 27.0 Å². The number of amides is 1. The molecule has 138 valence electrons. The fourth-order valence-corrected chi connectivity index (χ4v) is 2.60. The van der Waals surface area contributed by atoms with Crippen molar-refractivity contribution in [2.45, 2.75) is 20.4 Å². The van der Waals surface area contributed by atoms with Crippen LogP contribution in [0.2, 0.25) is 0 Å². The Morgan fingerprint density at radius 1 is 0.963 bits per heavy atom. The van der Waals surface area contributed by atoms with Gasteiger partial charge in [-0.2, -0.15) is 0 Å². The van der Waals surface area contributed by atoms with Crippen molar-refractivity contribution in [1.29, 1.82) is 0 Å². The number of hydrogen-bond donors (Lipinski definition) is 2. The number of rotatable bonds is 6. The van der Waals surface area contributed by atoms with Crippen molar-refractivity contribution in [3.8, 4) is 5.75 Å². The highest BCUT2D eigenvalue weighted by Crippen LogP contribution is 2.18. The van der Waals surface area contributed by atoms with Crippen molar-refractivity contribution in [2.75, 3.05) is 17.7 Å². The van der Waals surface area contributed by atoms with Crippen LogP contribution in [0.4, 0.5) is 11.6 Å². The van der Waals surface area contributed by atoms with Gasteiger partial charge >= 0.3 is 0 Å². The van der Waals surface area contributed by atoms with Crippen LogP contribution in [-0.4, -0.2) is 23.2 Å². The number of ether oxygens (including phenoxy) is 1. The van der Waals surface area contributed by atoms with Crippen molar-refractivity contribution in [3.63, 3.8) is 0 Å². The summed E-state index contributed by atoms with van der Waals surface area (Å²) in [6.07, 6.45) is 0. The molecule has 1 aromatic heterocycles. The van der Waals surface area contributed by atoms with E-state index in [0.717, 1.165) is 22.4 Å². The van der Waals surface area contributed by atoms with Crippen LogP contribution in [0.3, 0.4) is 0 Å². The SMILES string of the molecule is COc1ccccc1CNc1ccc(NC(=O)c2ccc(C)c(C)c2)nn1. The fraction of sp³-hybridized carbons (Fsp3) is 0.190. The van der Waals surface area contributed by atoms with E-state index in [2.05, 4.69) is 20.8 Å². The number of methoxy groups -OCH3 is 1. The van der Waals surface area contributed by atoms with Gasteiger partial charge in [0.15, 0.2) is 5.82 Å². The van der Waals surface area contributed by atoms with Crippen molar-refractivity contribution in [1.82, 2.24) is 10.2 Å². The standard InChI is InChI=1S/C21H22N4O2/c1-14-8-9-16(12-15(14)2)21(26)23-20-11-10-19(24-25-20)22-13-17-6-4-5-7-18(17)27-3/h4-12H,13H2,1-3H3,(H,22,24)(H,23,25,26). The van der Waals surface area contributed by atoms with E-state index in [9.17, 15) is 4.79 Å². The van der Waals surface area contributed by atoms with E-state index in [1.165, 1.54) is 0 Å². The number of carbonyl (C=O) groups is 1. The number of nitrogens with zero attached hydrogens (tertiary/aromatic N) is 2. The molecular formula is C21H22N4O2. The van der Waals surface area contributed by atoms with Crippen LogP contribution < -0.4 is 15.4 Å². The molecule has 2 aromatic carbocycles. The number of aryl methyl sites for hydroxylation is 2. The molecule has 0 radical (unpaired) electrons. The maximum absolute atomic E-state index is 12.3. The number of anilines is 2. The smallest absolute Gasteiger partial charge is 0.256 e. The lowest BCUT2D eigenvalue weighted by Crippen LogP contribution is -2.14. The highest BCUT2D eigenvalue weighted by Gasteiger charge is 2.09. The third-order valence-corrected chi connectivity index (χ3v) is 4.33. The lowest BCUT2D eigenvalue weighted by molar-refractivity contribution is 0.102. The summed E-state index contributed by atoms with van der Waals surface area (Å²) in [5, 5.41) is 14.1. The Kier molecular flexibility index (Phi) is 5.66. The van der Waals surface area contributed by atoms with Gasteiger partial charge in [0.2, 0.25) is 0 Å². The Morgan fingerprint density at radius 2 is 1.70 bits per heavy atom. The molecule has 0 unspecified atom stereocenters. The third-order valence-electron chi connectivity index (χ3n) is 4.33. The van der Waals surface area contributed by atoms with Crippen LogP contribution in [0, 0.1) is 13.8 Å². The van der Waals surface area contributed by atoms with Crippen molar-refractivity contribution < 1.29 is 9.53 Å². The van der Waals surface area contributed by atoms with E-state index in [0.29, 0.717) is 23.7 Å². The van der Waals surface area contributed by atoms with Crippen LogP contribution >= 0.6 is 0 Å². The molecule has 6 heteroatoms. The van der Waals surface area contributed by atoms with Gasteiger partial charge in [-0.1, -0.05) is 24.3 Å². The largest absolute Gasteiger partial charge is 0.496 e. The predicted molar refractivity (Wildman–Crippen MR) is 106 cm³/mol. The monoisotopic (exact) mass is 362 g/mol. The number of benzene rings is 2. The van der Waals surface area contributed by atoms with E-state index in [1.54, 1.807) is 25.3 Å². The Hall–Kier alpha value is -3.41. The molecule has 0 atom stereocenters. The van der Waals surface area contributed by atoms with E-state index >= 15 is 0 Å². The number of hydrogen-bond acceptors (Lipinski definition) is 5. The number of carbonyl (C=O) groups excluding carboxylic acids is 1. The molecule has 3 aromatic rings. The lowest BCUT2D eigenvalue weighted by atomic mass is 10.1. The van der Waals surface area contributed by atoms with Gasteiger partial charge in [-0.3, -0.25) is 4.79 Å². The molecule has 2 N–H and O–H groups in total. The number of aromatic nitrogens is 2. The molecule has 3 rings (SSSR count). The van der Waals surface area contributed by atoms with Gasteiger partial charge in [-0.15, -0.1) is 10.2 Å². The van der Waals surface area contributed by atoms with Crippen LogP contribution in [0.25, 0.3) is 0 Å². The zero-order valence-electron chi connectivity index (χ0n) is 15.6. The predicted octanol–water partition coefficient (Wildman–Crippen LogP) is 3.97. The summed E-state index contributed by atoms with van der Waals surface area (Å²) in [5.41, 5.74) is 3.84. The van der Waals surface area contributed by atoms with E-state index < -0.39 is 0 Å². The van der Waals surface area contributed by atoms with Gasteiger partial charge in [0.05, 0.1) is 7.11 Å². The Bertz CT molecular complexity index is 939. The van der Waals surface area contributed by atoms with Crippen molar-refractivity contribution in [2.24, 2.45) is 0 Å². The summed E-state index contributed by atoms with van der Waals surface area (Å²) in [6, 6.07) is 16.9. The molecule has 1 heterocycles. The lowest BCUT2D eigenvalue weighted by Gasteiger charge is -2.10. The molecule has 0 bridgehead atoms. The van der Waals surface area contributed by atoms with Gasteiger partial charge in [0.1, 0.15) is 11.6 Å². The summed E-state index contributed by atoms with van der Waals surface area (Å²) < 4.78 is 5.33. The fourth-order valence-electron chi connectivity index (χ4n) is 2.60. The topological polar surface area (TPSA) is 76.1 Å². The molecule has 0 spiro atoms. The molecular weight excluding hydrogens is 340 g/mol. The van der Waals surface area contributed by atoms with Crippen molar-refractivity contribution in [3.05, 3.63) is 76.9 Å². The molecule has 27 heavy (non-hydrogen) atoms. The first-order chi connectivity index (χ1) is 13.1. The highest BCUT2D eigenvalue weighted by molar-refractivity contribution is 6.03. The van der Waals surface area contributed by atoms with Crippen LogP contribution in [0.15, 0.2) is 54.6 Å². The van der Waals surface area contributed by atoms with E-state index in [-0.39, 0.29) is 5.91 Å². The minimum absolute atomic E-state index is 0.206.